The highest BCUT2D eigenvalue weighted by Gasteiger charge is 2.18. The van der Waals surface area contributed by atoms with Crippen molar-refractivity contribution >= 4 is 10.8 Å². The zero-order valence-corrected chi connectivity index (χ0v) is 12.4. The molecular weight excluding hydrogens is 262 g/mol. The summed E-state index contributed by atoms with van der Waals surface area (Å²) in [5, 5.41) is 10.2. The molecule has 0 radical (unpaired) electrons. The number of phenolic OH excluding ortho intramolecular Hbond substituents is 1. The average molecular weight is 282 g/mol. The number of benzene rings is 2. The molecule has 0 aliphatic heterocycles. The Morgan fingerprint density at radius 3 is 2.15 bits per heavy atom. The van der Waals surface area contributed by atoms with Gasteiger partial charge >= 0.3 is 0 Å². The fraction of sp³-hybridized carbons (Fsp3) is 0.375. The molecule has 2 nitrogen and oxygen atoms in total. The van der Waals surface area contributed by atoms with E-state index in [1.807, 2.05) is 27.7 Å². The maximum absolute atomic E-state index is 13.8. The van der Waals surface area contributed by atoms with E-state index in [9.17, 15) is 13.9 Å². The molecule has 0 aliphatic carbocycles. The van der Waals surface area contributed by atoms with Gasteiger partial charge in [0.25, 0.3) is 0 Å². The van der Waals surface area contributed by atoms with E-state index in [-0.39, 0.29) is 22.8 Å². The highest BCUT2D eigenvalue weighted by Crippen LogP contribution is 2.38. The lowest BCUT2D eigenvalue weighted by atomic mass is 9.94. The van der Waals surface area contributed by atoms with Gasteiger partial charge in [0, 0.05) is 16.8 Å². The number of rotatable bonds is 2. The van der Waals surface area contributed by atoms with Crippen molar-refractivity contribution in [2.24, 2.45) is 0 Å². The summed E-state index contributed by atoms with van der Waals surface area (Å²) in [6.07, 6.45) is 0. The van der Waals surface area contributed by atoms with Crippen LogP contribution in [-0.2, 0) is 0 Å². The van der Waals surface area contributed by atoms with E-state index in [2.05, 4.69) is 0 Å². The maximum Gasteiger partial charge on any atom is 0.168 e. The number of phenols is 1. The third-order valence-corrected chi connectivity index (χ3v) is 2.93. The van der Waals surface area contributed by atoms with Crippen LogP contribution in [0, 0.1) is 11.6 Å². The lowest BCUT2D eigenvalue weighted by Gasteiger charge is -2.15. The quantitative estimate of drug-likeness (QED) is 0.841. The Morgan fingerprint density at radius 1 is 1.05 bits per heavy atom. The number of methoxy groups -OCH3 is 1. The lowest BCUT2D eigenvalue weighted by Crippen LogP contribution is -1.98. The monoisotopic (exact) mass is 282 g/mol. The third kappa shape index (κ3) is 2.84. The van der Waals surface area contributed by atoms with Crippen LogP contribution in [0.4, 0.5) is 8.78 Å². The number of fused-ring (bicyclic) bond motifs is 1. The standard InChI is InChI=1S/C14H14F2O2.C2H6/c1-7(2)9-4-8(17)5-10-11(15)6-12(16)14(18-3)13(9)10;1-2/h4-7,17H,1-3H3;1-2H3. The summed E-state index contributed by atoms with van der Waals surface area (Å²) in [6, 6.07) is 3.55. The van der Waals surface area contributed by atoms with Crippen molar-refractivity contribution in [1.29, 1.82) is 0 Å². The first kappa shape index (κ1) is 16.2. The molecule has 0 fully saturated rings. The first-order chi connectivity index (χ1) is 9.45. The van der Waals surface area contributed by atoms with Crippen LogP contribution in [-0.4, -0.2) is 12.2 Å². The van der Waals surface area contributed by atoms with E-state index in [0.29, 0.717) is 10.9 Å². The van der Waals surface area contributed by atoms with Gasteiger partial charge in [-0.3, -0.25) is 0 Å². The summed E-state index contributed by atoms with van der Waals surface area (Å²) in [7, 11) is 1.34. The topological polar surface area (TPSA) is 29.5 Å². The minimum absolute atomic E-state index is 0.00898. The van der Waals surface area contributed by atoms with Crippen LogP contribution in [0.1, 0.15) is 39.2 Å². The Labute approximate surface area is 118 Å². The summed E-state index contributed by atoms with van der Waals surface area (Å²) in [6.45, 7) is 7.77. The third-order valence-electron chi connectivity index (χ3n) is 2.93. The van der Waals surface area contributed by atoms with Crippen LogP contribution in [0.25, 0.3) is 10.8 Å². The van der Waals surface area contributed by atoms with Crippen LogP contribution in [0.2, 0.25) is 0 Å². The lowest BCUT2D eigenvalue weighted by molar-refractivity contribution is 0.389. The number of halogens is 2. The van der Waals surface area contributed by atoms with Gasteiger partial charge in [-0.1, -0.05) is 27.7 Å². The fourth-order valence-electron chi connectivity index (χ4n) is 2.12. The van der Waals surface area contributed by atoms with Crippen molar-refractivity contribution in [2.75, 3.05) is 7.11 Å². The second-order valence-corrected chi connectivity index (χ2v) is 4.49. The van der Waals surface area contributed by atoms with Gasteiger partial charge in [0.05, 0.1) is 7.11 Å². The molecule has 4 heteroatoms. The van der Waals surface area contributed by atoms with E-state index in [0.717, 1.165) is 6.07 Å². The maximum atomic E-state index is 13.8. The molecule has 110 valence electrons. The predicted molar refractivity (Wildman–Crippen MR) is 77.5 cm³/mol. The van der Waals surface area contributed by atoms with Crippen LogP contribution in [0.15, 0.2) is 18.2 Å². The molecule has 20 heavy (non-hydrogen) atoms. The largest absolute Gasteiger partial charge is 0.508 e. The van der Waals surface area contributed by atoms with Gasteiger partial charge in [0.15, 0.2) is 11.6 Å². The number of ether oxygens (including phenoxy) is 1. The molecule has 0 saturated carbocycles. The Bertz CT molecular complexity index is 607. The van der Waals surface area contributed by atoms with Crippen molar-refractivity contribution in [3.8, 4) is 11.5 Å². The van der Waals surface area contributed by atoms with E-state index in [1.54, 1.807) is 0 Å². The van der Waals surface area contributed by atoms with Crippen molar-refractivity contribution in [3.63, 3.8) is 0 Å². The minimum Gasteiger partial charge on any atom is -0.508 e. The number of hydrogen-bond acceptors (Lipinski definition) is 2. The molecule has 2 aromatic carbocycles. The SMILES string of the molecule is CC.COc1c(F)cc(F)c2cc(O)cc(C(C)C)c12. The molecule has 2 aromatic rings. The first-order valence-electron chi connectivity index (χ1n) is 6.64. The molecule has 0 aliphatic rings. The molecule has 0 bridgehead atoms. The van der Waals surface area contributed by atoms with Gasteiger partial charge in [-0.25, -0.2) is 8.78 Å². The molecule has 1 N–H and O–H groups in total. The van der Waals surface area contributed by atoms with Gasteiger partial charge in [-0.15, -0.1) is 0 Å². The van der Waals surface area contributed by atoms with Crippen molar-refractivity contribution in [1.82, 2.24) is 0 Å². The first-order valence-corrected chi connectivity index (χ1v) is 6.64. The van der Waals surface area contributed by atoms with E-state index >= 15 is 0 Å². The van der Waals surface area contributed by atoms with Gasteiger partial charge in [0.1, 0.15) is 11.6 Å². The molecule has 0 saturated heterocycles. The second kappa shape index (κ2) is 6.55. The summed E-state index contributed by atoms with van der Waals surface area (Å²) in [5.74, 6) is -1.47. The van der Waals surface area contributed by atoms with Gasteiger partial charge in [-0.2, -0.15) is 0 Å². The Kier molecular flexibility index (Phi) is 5.31. The zero-order valence-electron chi connectivity index (χ0n) is 12.4. The molecule has 0 aromatic heterocycles. The highest BCUT2D eigenvalue weighted by molar-refractivity contribution is 5.93. The molecule has 2 rings (SSSR count). The summed E-state index contributed by atoms with van der Waals surface area (Å²) in [4.78, 5) is 0. The Morgan fingerprint density at radius 2 is 1.65 bits per heavy atom. The number of aromatic hydroxyl groups is 1. The number of hydrogen-bond donors (Lipinski definition) is 1. The van der Waals surface area contributed by atoms with E-state index in [1.165, 1.54) is 19.2 Å². The van der Waals surface area contributed by atoms with Crippen LogP contribution >= 0.6 is 0 Å². The van der Waals surface area contributed by atoms with Gasteiger partial charge in [0.2, 0.25) is 0 Å². The van der Waals surface area contributed by atoms with Crippen molar-refractivity contribution < 1.29 is 18.6 Å². The highest BCUT2D eigenvalue weighted by atomic mass is 19.1. The second-order valence-electron chi connectivity index (χ2n) is 4.49. The smallest absolute Gasteiger partial charge is 0.168 e. The summed E-state index contributed by atoms with van der Waals surface area (Å²) >= 11 is 0. The van der Waals surface area contributed by atoms with Gasteiger partial charge in [-0.05, 0) is 23.6 Å². The Hall–Kier alpha value is -1.84. The normalized spacial score (nSPS) is 10.4. The zero-order chi connectivity index (χ0) is 15.4. The Balaban J connectivity index is 0.000000956. The average Bonchev–Trinajstić information content (AvgIpc) is 2.41. The van der Waals surface area contributed by atoms with Gasteiger partial charge < -0.3 is 9.84 Å². The molecule has 0 unspecified atom stereocenters. The van der Waals surface area contributed by atoms with Crippen LogP contribution in [0.3, 0.4) is 0 Å². The summed E-state index contributed by atoms with van der Waals surface area (Å²) in [5.41, 5.74) is 0.653. The van der Waals surface area contributed by atoms with Crippen molar-refractivity contribution in [2.45, 2.75) is 33.6 Å². The van der Waals surface area contributed by atoms with Crippen LogP contribution in [0.5, 0.6) is 11.5 Å². The molecule has 0 atom stereocenters. The predicted octanol–water partition coefficient (Wildman–Crippen LogP) is 4.98. The molecule has 0 spiro atoms. The molecular formula is C16H20F2O2. The van der Waals surface area contributed by atoms with E-state index in [4.69, 9.17) is 4.74 Å². The van der Waals surface area contributed by atoms with Crippen molar-refractivity contribution in [3.05, 3.63) is 35.4 Å². The van der Waals surface area contributed by atoms with Crippen LogP contribution < -0.4 is 4.74 Å². The fourth-order valence-corrected chi connectivity index (χ4v) is 2.12. The minimum atomic E-state index is -0.741. The summed E-state index contributed by atoms with van der Waals surface area (Å²) < 4.78 is 32.5. The van der Waals surface area contributed by atoms with E-state index < -0.39 is 11.6 Å². The molecule has 0 heterocycles. The molecule has 0 amide bonds.